The fourth-order valence-electron chi connectivity index (χ4n) is 4.36. The van der Waals surface area contributed by atoms with E-state index in [0.29, 0.717) is 5.84 Å². The number of ether oxygens (including phenoxy) is 1. The zero-order valence-corrected chi connectivity index (χ0v) is 18.9. The maximum absolute atomic E-state index is 10.5. The number of hydrogen-bond acceptors (Lipinski definition) is 7. The van der Waals surface area contributed by atoms with E-state index in [1.54, 1.807) is 30.6 Å². The summed E-state index contributed by atoms with van der Waals surface area (Å²) in [4.78, 5) is 4.84. The molecule has 0 radical (unpaired) electrons. The summed E-state index contributed by atoms with van der Waals surface area (Å²) in [6.07, 6.45) is 4.24. The molecule has 1 aromatic carbocycles. The molecule has 0 bridgehead atoms. The SMILES string of the molecule is CCCCSC1(SCCCC)N=C(N)C2(C#N)C(c3ccc(OC)cc3)C12C#N. The molecule has 0 spiro atoms. The minimum absolute atomic E-state index is 0.281. The Hall–Kier alpha value is -1.83. The van der Waals surface area contributed by atoms with Crippen molar-refractivity contribution >= 4 is 29.4 Å². The molecule has 5 nitrogen and oxygen atoms in total. The molecule has 1 fully saturated rings. The lowest BCUT2D eigenvalue weighted by molar-refractivity contribution is 0.414. The number of unbranched alkanes of at least 4 members (excludes halogenated alkanes) is 2. The lowest BCUT2D eigenvalue weighted by Gasteiger charge is -2.32. The van der Waals surface area contributed by atoms with Crippen molar-refractivity contribution in [2.45, 2.75) is 49.7 Å². The average molecular weight is 429 g/mol. The van der Waals surface area contributed by atoms with E-state index >= 15 is 0 Å². The summed E-state index contributed by atoms with van der Waals surface area (Å²) in [5, 5.41) is 20.7. The molecule has 1 aliphatic carbocycles. The number of rotatable bonds is 10. The summed E-state index contributed by atoms with van der Waals surface area (Å²) < 4.78 is 4.53. The fraction of sp³-hybridized carbons (Fsp3) is 0.591. The van der Waals surface area contributed by atoms with Crippen LogP contribution in [0.15, 0.2) is 29.3 Å². The first-order valence-electron chi connectivity index (χ1n) is 10.1. The average Bonchev–Trinajstić information content (AvgIpc) is 3.32. The highest BCUT2D eigenvalue weighted by atomic mass is 32.2. The Morgan fingerprint density at radius 3 is 2.10 bits per heavy atom. The highest BCUT2D eigenvalue weighted by molar-refractivity contribution is 8.18. The lowest BCUT2D eigenvalue weighted by atomic mass is 9.97. The topological polar surface area (TPSA) is 95.2 Å². The number of nitrogens with two attached hydrogens (primary N) is 1. The van der Waals surface area contributed by atoms with Gasteiger partial charge in [0.2, 0.25) is 0 Å². The number of nitrogens with zero attached hydrogens (tertiary/aromatic N) is 3. The summed E-state index contributed by atoms with van der Waals surface area (Å²) in [6.45, 7) is 4.31. The largest absolute Gasteiger partial charge is 0.497 e. The first kappa shape index (κ1) is 21.9. The van der Waals surface area contributed by atoms with E-state index in [4.69, 9.17) is 15.5 Å². The maximum atomic E-state index is 10.5. The molecule has 3 unspecified atom stereocenters. The molecule has 2 aliphatic rings. The van der Waals surface area contributed by atoms with Crippen LogP contribution in [-0.4, -0.2) is 28.7 Å². The van der Waals surface area contributed by atoms with Crippen LogP contribution in [0.5, 0.6) is 5.75 Å². The number of fused-ring (bicyclic) bond motifs is 1. The summed E-state index contributed by atoms with van der Waals surface area (Å²) in [5.41, 5.74) is 5.35. The molecule has 29 heavy (non-hydrogen) atoms. The Labute approximate surface area is 182 Å². The molecule has 1 heterocycles. The molecule has 154 valence electrons. The van der Waals surface area contributed by atoms with Crippen LogP contribution in [0.3, 0.4) is 0 Å². The van der Waals surface area contributed by atoms with Crippen LogP contribution in [0.25, 0.3) is 0 Å². The molecule has 1 saturated carbocycles. The number of hydrogen-bond donors (Lipinski definition) is 1. The molecular formula is C22H28N4OS2. The first-order chi connectivity index (χ1) is 14.0. The second-order valence-corrected chi connectivity index (χ2v) is 10.4. The lowest BCUT2D eigenvalue weighted by Crippen LogP contribution is -2.32. The van der Waals surface area contributed by atoms with Gasteiger partial charge in [0.1, 0.15) is 22.4 Å². The van der Waals surface area contributed by atoms with Gasteiger partial charge in [-0.15, -0.1) is 23.5 Å². The van der Waals surface area contributed by atoms with Gasteiger partial charge in [-0.3, -0.25) is 0 Å². The second-order valence-electron chi connectivity index (χ2n) is 7.53. The Kier molecular flexibility index (Phi) is 6.41. The fourth-order valence-corrected chi connectivity index (χ4v) is 8.05. The number of methoxy groups -OCH3 is 1. The van der Waals surface area contributed by atoms with Gasteiger partial charge < -0.3 is 10.5 Å². The summed E-state index contributed by atoms with van der Waals surface area (Å²) in [7, 11) is 1.62. The maximum Gasteiger partial charge on any atom is 0.175 e. The van der Waals surface area contributed by atoms with E-state index in [-0.39, 0.29) is 5.92 Å². The molecule has 3 atom stereocenters. The third kappa shape index (κ3) is 3.02. The quantitative estimate of drug-likeness (QED) is 0.420. The first-order valence-corrected chi connectivity index (χ1v) is 12.1. The van der Waals surface area contributed by atoms with Crippen LogP contribution >= 0.6 is 23.5 Å². The van der Waals surface area contributed by atoms with Crippen molar-refractivity contribution in [3.8, 4) is 17.9 Å². The molecule has 2 N–H and O–H groups in total. The highest BCUT2D eigenvalue weighted by Crippen LogP contribution is 2.85. The summed E-state index contributed by atoms with van der Waals surface area (Å²) in [6, 6.07) is 12.7. The van der Waals surface area contributed by atoms with Gasteiger partial charge in [0.05, 0.1) is 19.2 Å². The molecule has 0 saturated heterocycles. The van der Waals surface area contributed by atoms with E-state index in [9.17, 15) is 10.5 Å². The summed E-state index contributed by atoms with van der Waals surface area (Å²) >= 11 is 3.40. The van der Waals surface area contributed by atoms with Gasteiger partial charge >= 0.3 is 0 Å². The molecule has 1 aliphatic heterocycles. The van der Waals surface area contributed by atoms with Crippen LogP contribution in [0, 0.1) is 33.5 Å². The molecule has 0 amide bonds. The number of benzene rings is 1. The van der Waals surface area contributed by atoms with Crippen molar-refractivity contribution in [1.29, 1.82) is 10.5 Å². The Morgan fingerprint density at radius 2 is 1.66 bits per heavy atom. The smallest absolute Gasteiger partial charge is 0.175 e. The zero-order chi connectivity index (χ0) is 21.1. The third-order valence-corrected chi connectivity index (χ3v) is 9.27. The van der Waals surface area contributed by atoms with Crippen LogP contribution < -0.4 is 10.5 Å². The van der Waals surface area contributed by atoms with E-state index < -0.39 is 15.0 Å². The standard InChI is InChI=1S/C22H28N4OS2/c1-4-6-12-28-22(29-13-7-5-2)21(15-24)18(20(21,14-23)19(25)26-22)16-8-10-17(27-3)11-9-16/h8-11,18H,4-7,12-13H2,1-3H3,(H2,25,26). The van der Waals surface area contributed by atoms with Crippen molar-refractivity contribution < 1.29 is 4.74 Å². The van der Waals surface area contributed by atoms with Crippen molar-refractivity contribution in [1.82, 2.24) is 0 Å². The molecule has 1 aromatic rings. The second kappa shape index (κ2) is 8.50. The van der Waals surface area contributed by atoms with Crippen LogP contribution in [0.1, 0.15) is 51.0 Å². The molecular weight excluding hydrogens is 400 g/mol. The normalized spacial score (nSPS) is 28.7. The van der Waals surface area contributed by atoms with Gasteiger partial charge in [-0.05, 0) is 42.0 Å². The predicted molar refractivity (Wildman–Crippen MR) is 121 cm³/mol. The van der Waals surface area contributed by atoms with E-state index in [0.717, 1.165) is 48.5 Å². The van der Waals surface area contributed by atoms with Gasteiger partial charge in [0.15, 0.2) is 4.20 Å². The van der Waals surface area contributed by atoms with Gasteiger partial charge in [-0.25, -0.2) is 4.99 Å². The monoisotopic (exact) mass is 428 g/mol. The van der Waals surface area contributed by atoms with Gasteiger partial charge in [0.25, 0.3) is 0 Å². The number of nitriles is 2. The third-order valence-electron chi connectivity index (χ3n) is 5.97. The van der Waals surface area contributed by atoms with Crippen molar-refractivity contribution in [3.63, 3.8) is 0 Å². The minimum atomic E-state index is -1.06. The van der Waals surface area contributed by atoms with Crippen LogP contribution in [0.2, 0.25) is 0 Å². The molecule has 0 aromatic heterocycles. The van der Waals surface area contributed by atoms with E-state index in [1.165, 1.54) is 0 Å². The van der Waals surface area contributed by atoms with Crippen molar-refractivity contribution in [2.24, 2.45) is 21.6 Å². The van der Waals surface area contributed by atoms with Crippen LogP contribution in [-0.2, 0) is 0 Å². The minimum Gasteiger partial charge on any atom is -0.497 e. The Balaban J connectivity index is 2.07. The summed E-state index contributed by atoms with van der Waals surface area (Å²) in [5.74, 6) is 2.57. The Bertz CT molecular complexity index is 847. The van der Waals surface area contributed by atoms with Gasteiger partial charge in [-0.2, -0.15) is 10.5 Å². The molecule has 7 heteroatoms. The zero-order valence-electron chi connectivity index (χ0n) is 17.3. The number of thioether (sulfide) groups is 2. The van der Waals surface area contributed by atoms with Gasteiger partial charge in [-0.1, -0.05) is 38.8 Å². The highest BCUT2D eigenvalue weighted by Gasteiger charge is 2.91. The van der Waals surface area contributed by atoms with Gasteiger partial charge in [0, 0.05) is 5.92 Å². The molecule has 3 rings (SSSR count). The van der Waals surface area contributed by atoms with E-state index in [1.807, 2.05) is 24.3 Å². The Morgan fingerprint density at radius 1 is 1.07 bits per heavy atom. The van der Waals surface area contributed by atoms with Crippen molar-refractivity contribution in [3.05, 3.63) is 29.8 Å². The van der Waals surface area contributed by atoms with Crippen LogP contribution in [0.4, 0.5) is 0 Å². The van der Waals surface area contributed by atoms with Crippen molar-refractivity contribution in [2.75, 3.05) is 18.6 Å². The number of amidine groups is 1. The predicted octanol–water partition coefficient (Wildman–Crippen LogP) is 4.90. The number of aliphatic imine (C=N–C) groups is 1. The van der Waals surface area contributed by atoms with E-state index in [2.05, 4.69) is 26.0 Å².